The molecule has 1 aromatic heterocycles. The van der Waals surface area contributed by atoms with E-state index in [1.54, 1.807) is 21.0 Å². The summed E-state index contributed by atoms with van der Waals surface area (Å²) in [6, 6.07) is -0.338. The fourth-order valence-corrected chi connectivity index (χ4v) is 1.16. The van der Waals surface area contributed by atoms with E-state index in [-0.39, 0.29) is 11.9 Å². The van der Waals surface area contributed by atoms with Gasteiger partial charge in [-0.15, -0.1) is 0 Å². The minimum atomic E-state index is -0.338. The van der Waals surface area contributed by atoms with E-state index in [1.807, 2.05) is 0 Å². The third kappa shape index (κ3) is 3.36. The fraction of sp³-hybridized carbons (Fsp3) is 0.444. The standard InChI is InChI=1S/C9H13ClN4O/c1-6(9(15)14(2)3)13-8-5-11-7(10)4-12-8/h4-6H,1-3H3,(H,12,13). The van der Waals surface area contributed by atoms with Crippen molar-refractivity contribution in [3.63, 3.8) is 0 Å². The first-order valence-electron chi connectivity index (χ1n) is 4.46. The van der Waals surface area contributed by atoms with Crippen LogP contribution in [0.2, 0.25) is 5.15 Å². The van der Waals surface area contributed by atoms with Crippen molar-refractivity contribution in [2.45, 2.75) is 13.0 Å². The van der Waals surface area contributed by atoms with Crippen molar-refractivity contribution in [3.8, 4) is 0 Å². The summed E-state index contributed by atoms with van der Waals surface area (Å²) in [6.45, 7) is 1.76. The lowest BCUT2D eigenvalue weighted by Crippen LogP contribution is -2.36. The average molecular weight is 229 g/mol. The number of rotatable bonds is 3. The predicted molar refractivity (Wildman–Crippen MR) is 58.8 cm³/mol. The summed E-state index contributed by atoms with van der Waals surface area (Å²) in [4.78, 5) is 20.9. The lowest BCUT2D eigenvalue weighted by Gasteiger charge is -2.18. The zero-order chi connectivity index (χ0) is 11.4. The van der Waals surface area contributed by atoms with Crippen LogP contribution in [-0.2, 0) is 4.79 Å². The number of likely N-dealkylation sites (N-methyl/N-ethyl adjacent to an activating group) is 1. The molecule has 0 radical (unpaired) electrons. The van der Waals surface area contributed by atoms with Gasteiger partial charge in [-0.2, -0.15) is 0 Å². The second-order valence-electron chi connectivity index (χ2n) is 3.32. The zero-order valence-electron chi connectivity index (χ0n) is 8.86. The van der Waals surface area contributed by atoms with E-state index in [0.29, 0.717) is 11.0 Å². The van der Waals surface area contributed by atoms with Crippen molar-refractivity contribution >= 4 is 23.3 Å². The second kappa shape index (κ2) is 4.93. The number of aromatic nitrogens is 2. The largest absolute Gasteiger partial charge is 0.357 e. The molecule has 0 saturated heterocycles. The normalized spacial score (nSPS) is 12.0. The number of anilines is 1. The van der Waals surface area contributed by atoms with Crippen LogP contribution in [0.3, 0.4) is 0 Å². The van der Waals surface area contributed by atoms with E-state index in [9.17, 15) is 4.79 Å². The summed E-state index contributed by atoms with van der Waals surface area (Å²) in [5, 5.41) is 3.25. The monoisotopic (exact) mass is 228 g/mol. The van der Waals surface area contributed by atoms with Crippen molar-refractivity contribution < 1.29 is 4.79 Å². The number of nitrogens with zero attached hydrogens (tertiary/aromatic N) is 3. The molecule has 6 heteroatoms. The maximum Gasteiger partial charge on any atom is 0.244 e. The van der Waals surface area contributed by atoms with Gasteiger partial charge < -0.3 is 10.2 Å². The molecule has 82 valence electrons. The van der Waals surface area contributed by atoms with Crippen LogP contribution >= 0.6 is 11.6 Å². The van der Waals surface area contributed by atoms with Crippen LogP contribution in [0.5, 0.6) is 0 Å². The van der Waals surface area contributed by atoms with Gasteiger partial charge in [0.05, 0.1) is 12.4 Å². The Balaban J connectivity index is 2.62. The Labute approximate surface area is 93.5 Å². The molecular formula is C9H13ClN4O. The van der Waals surface area contributed by atoms with Gasteiger partial charge in [-0.05, 0) is 6.92 Å². The summed E-state index contributed by atoms with van der Waals surface area (Å²) in [5.74, 6) is 0.508. The molecule has 1 aromatic rings. The molecule has 15 heavy (non-hydrogen) atoms. The van der Waals surface area contributed by atoms with Crippen LogP contribution in [0.4, 0.5) is 5.82 Å². The van der Waals surface area contributed by atoms with E-state index >= 15 is 0 Å². The first-order chi connectivity index (χ1) is 7.00. The third-order valence-corrected chi connectivity index (χ3v) is 1.99. The summed E-state index contributed by atoms with van der Waals surface area (Å²) in [6.07, 6.45) is 2.92. The molecule has 1 amide bonds. The molecule has 1 unspecified atom stereocenters. The molecule has 0 saturated carbocycles. The lowest BCUT2D eigenvalue weighted by molar-refractivity contribution is -0.129. The van der Waals surface area contributed by atoms with E-state index in [2.05, 4.69) is 15.3 Å². The van der Waals surface area contributed by atoms with Gasteiger partial charge in [0.2, 0.25) is 5.91 Å². The molecule has 0 aliphatic carbocycles. The molecule has 0 aliphatic heterocycles. The SMILES string of the molecule is CC(Nc1cnc(Cl)cn1)C(=O)N(C)C. The fourth-order valence-electron chi connectivity index (χ4n) is 1.06. The van der Waals surface area contributed by atoms with Gasteiger partial charge in [0, 0.05) is 14.1 Å². The minimum Gasteiger partial charge on any atom is -0.357 e. The molecule has 0 fully saturated rings. The van der Waals surface area contributed by atoms with Gasteiger partial charge in [-0.25, -0.2) is 9.97 Å². The number of hydrogen-bond donors (Lipinski definition) is 1. The smallest absolute Gasteiger partial charge is 0.244 e. The van der Waals surface area contributed by atoms with Crippen LogP contribution in [0.1, 0.15) is 6.92 Å². The zero-order valence-corrected chi connectivity index (χ0v) is 9.62. The Morgan fingerprint density at radius 2 is 2.13 bits per heavy atom. The third-order valence-electron chi connectivity index (χ3n) is 1.80. The molecule has 1 heterocycles. The average Bonchev–Trinajstić information content (AvgIpc) is 2.20. The molecule has 0 spiro atoms. The quantitative estimate of drug-likeness (QED) is 0.839. The Hall–Kier alpha value is -1.36. The number of amides is 1. The van der Waals surface area contributed by atoms with Crippen LogP contribution < -0.4 is 5.32 Å². The molecular weight excluding hydrogens is 216 g/mol. The Bertz CT molecular complexity index is 338. The Morgan fingerprint density at radius 1 is 1.47 bits per heavy atom. The van der Waals surface area contributed by atoms with E-state index < -0.39 is 0 Å². The molecule has 0 bridgehead atoms. The van der Waals surface area contributed by atoms with Gasteiger partial charge in [-0.3, -0.25) is 4.79 Å². The molecule has 5 nitrogen and oxygen atoms in total. The number of nitrogens with one attached hydrogen (secondary N) is 1. The highest BCUT2D eigenvalue weighted by molar-refractivity contribution is 6.29. The molecule has 1 atom stereocenters. The van der Waals surface area contributed by atoms with Crippen LogP contribution in [0, 0.1) is 0 Å². The molecule has 0 aliphatic rings. The van der Waals surface area contributed by atoms with Gasteiger partial charge in [0.1, 0.15) is 17.0 Å². The van der Waals surface area contributed by atoms with Crippen LogP contribution in [0.25, 0.3) is 0 Å². The number of carbonyl (C=O) groups excluding carboxylic acids is 1. The van der Waals surface area contributed by atoms with Gasteiger partial charge in [0.25, 0.3) is 0 Å². The van der Waals surface area contributed by atoms with E-state index in [4.69, 9.17) is 11.6 Å². The Kier molecular flexibility index (Phi) is 3.85. The highest BCUT2D eigenvalue weighted by atomic mass is 35.5. The predicted octanol–water partition coefficient (Wildman–Crippen LogP) is 1.02. The molecule has 1 N–H and O–H groups in total. The maximum atomic E-state index is 11.5. The van der Waals surface area contributed by atoms with Crippen LogP contribution in [0.15, 0.2) is 12.4 Å². The topological polar surface area (TPSA) is 58.1 Å². The van der Waals surface area contributed by atoms with Gasteiger partial charge >= 0.3 is 0 Å². The van der Waals surface area contributed by atoms with Crippen molar-refractivity contribution in [1.82, 2.24) is 14.9 Å². The number of halogens is 1. The Morgan fingerprint density at radius 3 is 2.60 bits per heavy atom. The second-order valence-corrected chi connectivity index (χ2v) is 3.71. The van der Waals surface area contributed by atoms with Gasteiger partial charge in [0.15, 0.2) is 0 Å². The number of hydrogen-bond acceptors (Lipinski definition) is 4. The van der Waals surface area contributed by atoms with Crippen molar-refractivity contribution in [1.29, 1.82) is 0 Å². The van der Waals surface area contributed by atoms with Crippen molar-refractivity contribution in [2.75, 3.05) is 19.4 Å². The number of carbonyl (C=O) groups is 1. The minimum absolute atomic E-state index is 0.0215. The van der Waals surface area contributed by atoms with Gasteiger partial charge in [-0.1, -0.05) is 11.6 Å². The molecule has 0 aromatic carbocycles. The summed E-state index contributed by atoms with van der Waals surface area (Å²) in [5.41, 5.74) is 0. The van der Waals surface area contributed by atoms with Crippen LogP contribution in [-0.4, -0.2) is 40.9 Å². The van der Waals surface area contributed by atoms with Crippen molar-refractivity contribution in [3.05, 3.63) is 17.5 Å². The highest BCUT2D eigenvalue weighted by Gasteiger charge is 2.14. The lowest BCUT2D eigenvalue weighted by atomic mass is 10.3. The summed E-state index contributed by atoms with van der Waals surface area (Å²) in [7, 11) is 3.40. The summed E-state index contributed by atoms with van der Waals surface area (Å²) < 4.78 is 0. The molecule has 1 rings (SSSR count). The maximum absolute atomic E-state index is 11.5. The van der Waals surface area contributed by atoms with E-state index in [1.165, 1.54) is 17.3 Å². The van der Waals surface area contributed by atoms with Crippen molar-refractivity contribution in [2.24, 2.45) is 0 Å². The first-order valence-corrected chi connectivity index (χ1v) is 4.83. The summed E-state index contributed by atoms with van der Waals surface area (Å²) >= 11 is 5.58. The first kappa shape index (κ1) is 11.7. The van der Waals surface area contributed by atoms with E-state index in [0.717, 1.165) is 0 Å². The highest BCUT2D eigenvalue weighted by Crippen LogP contribution is 2.07.